The Labute approximate surface area is 184 Å². The number of aliphatic hydroxyl groups is 1. The van der Waals surface area contributed by atoms with E-state index in [4.69, 9.17) is 0 Å². The van der Waals surface area contributed by atoms with Crippen LogP contribution < -0.4 is 0 Å². The van der Waals surface area contributed by atoms with E-state index in [1.165, 1.54) is 35.1 Å². The maximum atomic E-state index is 13.7. The SMILES string of the molecule is CCC(O)(c1cn(Cc2ccc3c(-c4cccc(F)c4)c(C#N)sc3c2)nn1)C(F)(F)F. The molecule has 0 saturated heterocycles. The summed E-state index contributed by atoms with van der Waals surface area (Å²) in [5, 5.41) is 27.6. The summed E-state index contributed by atoms with van der Waals surface area (Å²) < 4.78 is 55.5. The van der Waals surface area contributed by atoms with Crippen LogP contribution in [0.3, 0.4) is 0 Å². The first-order valence-electron chi connectivity index (χ1n) is 9.57. The molecule has 4 aromatic rings. The lowest BCUT2D eigenvalue weighted by Gasteiger charge is -2.26. The molecule has 2 aromatic carbocycles. The third kappa shape index (κ3) is 3.74. The van der Waals surface area contributed by atoms with Crippen molar-refractivity contribution in [2.45, 2.75) is 31.7 Å². The van der Waals surface area contributed by atoms with E-state index in [0.717, 1.165) is 21.8 Å². The highest BCUT2D eigenvalue weighted by molar-refractivity contribution is 7.20. The number of fused-ring (bicyclic) bond motifs is 1. The standard InChI is InChI=1S/C22H16F4N4OS/c1-2-21(31,22(24,25)26)19-12-30(29-28-19)11-13-6-7-16-17(8-13)32-18(10-27)20(16)14-4-3-5-15(23)9-14/h3-9,12,31H,2,11H2,1H3. The minimum Gasteiger partial charge on any atom is -0.375 e. The van der Waals surface area contributed by atoms with Crippen LogP contribution in [0.1, 0.15) is 29.5 Å². The molecular weight excluding hydrogens is 444 g/mol. The van der Waals surface area contributed by atoms with Gasteiger partial charge >= 0.3 is 6.18 Å². The van der Waals surface area contributed by atoms with Crippen molar-refractivity contribution in [3.8, 4) is 17.2 Å². The minimum atomic E-state index is -4.88. The Hall–Kier alpha value is -3.29. The molecule has 164 valence electrons. The summed E-state index contributed by atoms with van der Waals surface area (Å²) in [6.07, 6.45) is -4.38. The number of nitriles is 1. The zero-order chi connectivity index (χ0) is 23.1. The molecule has 2 aromatic heterocycles. The number of rotatable bonds is 5. The average Bonchev–Trinajstić information content (AvgIpc) is 3.36. The molecule has 10 heteroatoms. The third-order valence-electron chi connectivity index (χ3n) is 5.26. The average molecular weight is 460 g/mol. The number of halogens is 4. The number of nitrogens with zero attached hydrogens (tertiary/aromatic N) is 4. The van der Waals surface area contributed by atoms with Gasteiger partial charge in [-0.1, -0.05) is 36.4 Å². The second-order valence-corrected chi connectivity index (χ2v) is 8.32. The molecule has 2 heterocycles. The van der Waals surface area contributed by atoms with Gasteiger partial charge in [-0.2, -0.15) is 18.4 Å². The summed E-state index contributed by atoms with van der Waals surface area (Å²) in [7, 11) is 0. The van der Waals surface area contributed by atoms with Gasteiger partial charge in [0, 0.05) is 15.6 Å². The van der Waals surface area contributed by atoms with Gasteiger partial charge in [0.05, 0.1) is 12.7 Å². The first-order valence-corrected chi connectivity index (χ1v) is 10.4. The van der Waals surface area contributed by atoms with Crippen LogP contribution in [-0.4, -0.2) is 26.3 Å². The van der Waals surface area contributed by atoms with E-state index in [0.29, 0.717) is 16.0 Å². The van der Waals surface area contributed by atoms with Crippen molar-refractivity contribution in [1.82, 2.24) is 15.0 Å². The first-order chi connectivity index (χ1) is 15.2. The molecule has 5 nitrogen and oxygen atoms in total. The lowest BCUT2D eigenvalue weighted by atomic mass is 9.96. The van der Waals surface area contributed by atoms with Gasteiger partial charge in [0.25, 0.3) is 0 Å². The molecule has 0 fully saturated rings. The van der Waals surface area contributed by atoms with Crippen molar-refractivity contribution in [2.75, 3.05) is 0 Å². The predicted octanol–water partition coefficient (Wildman–Crippen LogP) is 5.38. The molecule has 0 bridgehead atoms. The van der Waals surface area contributed by atoms with E-state index >= 15 is 0 Å². The fourth-order valence-electron chi connectivity index (χ4n) is 3.53. The molecule has 0 aliphatic rings. The zero-order valence-corrected chi connectivity index (χ0v) is 17.5. The van der Waals surface area contributed by atoms with Gasteiger partial charge < -0.3 is 5.11 Å². The Morgan fingerprint density at radius 1 is 1.19 bits per heavy atom. The van der Waals surface area contributed by atoms with Crippen LogP contribution in [0.15, 0.2) is 48.7 Å². The van der Waals surface area contributed by atoms with Crippen molar-refractivity contribution < 1.29 is 22.7 Å². The number of benzene rings is 2. The predicted molar refractivity (Wildman–Crippen MR) is 111 cm³/mol. The van der Waals surface area contributed by atoms with Gasteiger partial charge in [0.1, 0.15) is 22.5 Å². The Morgan fingerprint density at radius 3 is 2.62 bits per heavy atom. The molecule has 4 rings (SSSR count). The second-order valence-electron chi connectivity index (χ2n) is 7.27. The fraction of sp³-hybridized carbons (Fsp3) is 0.227. The van der Waals surface area contributed by atoms with E-state index in [2.05, 4.69) is 16.4 Å². The summed E-state index contributed by atoms with van der Waals surface area (Å²) in [5.41, 5.74) is -1.68. The first kappa shape index (κ1) is 21.9. The fourth-order valence-corrected chi connectivity index (χ4v) is 4.61. The lowest BCUT2D eigenvalue weighted by molar-refractivity contribution is -0.269. The van der Waals surface area contributed by atoms with Crippen molar-refractivity contribution >= 4 is 21.4 Å². The lowest BCUT2D eigenvalue weighted by Crippen LogP contribution is -2.42. The Morgan fingerprint density at radius 2 is 1.97 bits per heavy atom. The smallest absolute Gasteiger partial charge is 0.375 e. The van der Waals surface area contributed by atoms with Gasteiger partial charge in [-0.15, -0.1) is 16.4 Å². The molecule has 1 unspecified atom stereocenters. The maximum Gasteiger partial charge on any atom is 0.423 e. The van der Waals surface area contributed by atoms with Crippen LogP contribution in [0, 0.1) is 17.1 Å². The van der Waals surface area contributed by atoms with Crippen molar-refractivity contribution in [2.24, 2.45) is 0 Å². The monoisotopic (exact) mass is 460 g/mol. The molecular formula is C22H16F4N4OS. The molecule has 0 spiro atoms. The van der Waals surface area contributed by atoms with Gasteiger partial charge in [-0.05, 0) is 35.7 Å². The van der Waals surface area contributed by atoms with Gasteiger partial charge in [-0.3, -0.25) is 0 Å². The summed E-state index contributed by atoms with van der Waals surface area (Å²) >= 11 is 1.25. The molecule has 0 saturated carbocycles. The van der Waals surface area contributed by atoms with Crippen molar-refractivity contribution in [3.05, 3.63) is 70.6 Å². The van der Waals surface area contributed by atoms with Crippen LogP contribution in [0.5, 0.6) is 0 Å². The summed E-state index contributed by atoms with van der Waals surface area (Å²) in [4.78, 5) is 0.434. The largest absolute Gasteiger partial charge is 0.423 e. The molecule has 1 atom stereocenters. The van der Waals surface area contributed by atoms with Gasteiger partial charge in [0.2, 0.25) is 5.60 Å². The van der Waals surface area contributed by atoms with Gasteiger partial charge in [-0.25, -0.2) is 9.07 Å². The summed E-state index contributed by atoms with van der Waals surface area (Å²) in [6, 6.07) is 13.5. The normalized spacial score (nSPS) is 13.8. The van der Waals surface area contributed by atoms with E-state index in [-0.39, 0.29) is 6.54 Å². The maximum absolute atomic E-state index is 13.7. The molecule has 0 aliphatic carbocycles. The van der Waals surface area contributed by atoms with Crippen molar-refractivity contribution in [3.63, 3.8) is 0 Å². The number of aromatic nitrogens is 3. The number of hydrogen-bond donors (Lipinski definition) is 1. The summed E-state index contributed by atoms with van der Waals surface area (Å²) in [5.74, 6) is -0.407. The summed E-state index contributed by atoms with van der Waals surface area (Å²) in [6.45, 7) is 1.34. The molecule has 0 amide bonds. The Bertz CT molecular complexity index is 1340. The highest BCUT2D eigenvalue weighted by Crippen LogP contribution is 2.41. The van der Waals surface area contributed by atoms with Gasteiger partial charge in [0.15, 0.2) is 0 Å². The molecule has 1 N–H and O–H groups in total. The highest BCUT2D eigenvalue weighted by Gasteiger charge is 2.55. The number of alkyl halides is 3. The van der Waals surface area contributed by atoms with E-state index in [1.807, 2.05) is 0 Å². The van der Waals surface area contributed by atoms with Crippen LogP contribution >= 0.6 is 11.3 Å². The highest BCUT2D eigenvalue weighted by atomic mass is 32.1. The van der Waals surface area contributed by atoms with Crippen LogP contribution in [-0.2, 0) is 12.1 Å². The number of thiophene rings is 1. The van der Waals surface area contributed by atoms with Crippen LogP contribution in [0.25, 0.3) is 21.2 Å². The number of hydrogen-bond acceptors (Lipinski definition) is 5. The van der Waals surface area contributed by atoms with E-state index in [1.54, 1.807) is 30.3 Å². The topological polar surface area (TPSA) is 74.7 Å². The minimum absolute atomic E-state index is 0.121. The van der Waals surface area contributed by atoms with Crippen LogP contribution in [0.2, 0.25) is 0 Å². The molecule has 0 radical (unpaired) electrons. The van der Waals surface area contributed by atoms with Crippen LogP contribution in [0.4, 0.5) is 17.6 Å². The molecule has 0 aliphatic heterocycles. The molecule has 32 heavy (non-hydrogen) atoms. The second kappa shape index (κ2) is 8.00. The quantitative estimate of drug-likeness (QED) is 0.406. The Kier molecular flexibility index (Phi) is 5.48. The van der Waals surface area contributed by atoms with E-state index in [9.17, 15) is 27.9 Å². The Balaban J connectivity index is 1.68. The zero-order valence-electron chi connectivity index (χ0n) is 16.7. The third-order valence-corrected chi connectivity index (χ3v) is 6.31. The van der Waals surface area contributed by atoms with E-state index < -0.39 is 29.7 Å². The van der Waals surface area contributed by atoms with Crippen molar-refractivity contribution in [1.29, 1.82) is 5.26 Å².